The number of fused-ring (bicyclic) bond motifs is 1. The van der Waals surface area contributed by atoms with Gasteiger partial charge in [-0.25, -0.2) is 4.98 Å². The molecule has 1 aliphatic heterocycles. The van der Waals surface area contributed by atoms with Gasteiger partial charge >= 0.3 is 0 Å². The predicted molar refractivity (Wildman–Crippen MR) is 78.1 cm³/mol. The highest BCUT2D eigenvalue weighted by atomic mass is 16.5. The van der Waals surface area contributed by atoms with Gasteiger partial charge in [-0.15, -0.1) is 0 Å². The highest BCUT2D eigenvalue weighted by Crippen LogP contribution is 2.24. The third-order valence-corrected chi connectivity index (χ3v) is 3.50. The minimum atomic E-state index is 0.263. The maximum absolute atomic E-state index is 5.72. The number of imidazole rings is 1. The van der Waals surface area contributed by atoms with Crippen molar-refractivity contribution >= 4 is 22.9 Å². The van der Waals surface area contributed by atoms with E-state index in [1.165, 1.54) is 0 Å². The summed E-state index contributed by atoms with van der Waals surface area (Å²) >= 11 is 0. The number of ether oxygens (including phenoxy) is 1. The molecule has 0 spiro atoms. The van der Waals surface area contributed by atoms with Crippen LogP contribution in [0.25, 0.3) is 11.2 Å². The SMILES string of the molecule is CCNc1nc(N2CCOC(CC)C2)c2[nH]cnc2n1. The zero-order chi connectivity index (χ0) is 13.9. The highest BCUT2D eigenvalue weighted by molar-refractivity contribution is 5.84. The van der Waals surface area contributed by atoms with Crippen LogP contribution in [0, 0.1) is 0 Å². The Kier molecular flexibility index (Phi) is 3.68. The number of anilines is 2. The van der Waals surface area contributed by atoms with Gasteiger partial charge in [-0.2, -0.15) is 9.97 Å². The second kappa shape index (κ2) is 5.62. The monoisotopic (exact) mass is 276 g/mol. The molecule has 0 saturated carbocycles. The quantitative estimate of drug-likeness (QED) is 0.879. The van der Waals surface area contributed by atoms with Crippen LogP contribution in [0.5, 0.6) is 0 Å². The van der Waals surface area contributed by atoms with E-state index in [1.807, 2.05) is 6.92 Å². The summed E-state index contributed by atoms with van der Waals surface area (Å²) in [5.74, 6) is 1.53. The normalized spacial score (nSPS) is 19.5. The minimum Gasteiger partial charge on any atom is -0.375 e. The van der Waals surface area contributed by atoms with Gasteiger partial charge in [0.05, 0.1) is 19.0 Å². The van der Waals surface area contributed by atoms with Gasteiger partial charge in [0.2, 0.25) is 5.95 Å². The van der Waals surface area contributed by atoms with E-state index in [1.54, 1.807) is 6.33 Å². The van der Waals surface area contributed by atoms with Crippen molar-refractivity contribution in [1.82, 2.24) is 19.9 Å². The average Bonchev–Trinajstić information content (AvgIpc) is 2.95. The number of hydrogen-bond acceptors (Lipinski definition) is 6. The molecule has 1 unspecified atom stereocenters. The second-order valence-electron chi connectivity index (χ2n) is 4.85. The summed E-state index contributed by atoms with van der Waals surface area (Å²) in [5.41, 5.74) is 1.59. The highest BCUT2D eigenvalue weighted by Gasteiger charge is 2.23. The molecule has 7 heteroatoms. The van der Waals surface area contributed by atoms with Crippen LogP contribution in [0.3, 0.4) is 0 Å². The van der Waals surface area contributed by atoms with Crippen LogP contribution in [0.4, 0.5) is 11.8 Å². The zero-order valence-electron chi connectivity index (χ0n) is 11.9. The minimum absolute atomic E-state index is 0.263. The molecule has 0 bridgehead atoms. The Labute approximate surface area is 117 Å². The van der Waals surface area contributed by atoms with Crippen LogP contribution in [0.2, 0.25) is 0 Å². The summed E-state index contributed by atoms with van der Waals surface area (Å²) in [6.07, 6.45) is 2.93. The van der Waals surface area contributed by atoms with Crippen LogP contribution in [0.15, 0.2) is 6.33 Å². The van der Waals surface area contributed by atoms with E-state index in [-0.39, 0.29) is 6.10 Å². The first-order valence-corrected chi connectivity index (χ1v) is 7.13. The molecule has 1 fully saturated rings. The topological polar surface area (TPSA) is 79.0 Å². The van der Waals surface area contributed by atoms with E-state index in [0.29, 0.717) is 11.6 Å². The van der Waals surface area contributed by atoms with Crippen molar-refractivity contribution in [3.63, 3.8) is 0 Å². The number of nitrogens with zero attached hydrogens (tertiary/aromatic N) is 4. The number of aromatic amines is 1. The van der Waals surface area contributed by atoms with Gasteiger partial charge in [0.25, 0.3) is 0 Å². The van der Waals surface area contributed by atoms with Gasteiger partial charge in [0.1, 0.15) is 5.52 Å². The Hall–Kier alpha value is -1.89. The summed E-state index contributed by atoms with van der Waals surface area (Å²) in [6, 6.07) is 0. The third kappa shape index (κ3) is 2.40. The van der Waals surface area contributed by atoms with Crippen molar-refractivity contribution in [3.8, 4) is 0 Å². The molecule has 108 valence electrons. The van der Waals surface area contributed by atoms with Gasteiger partial charge in [0.15, 0.2) is 11.5 Å². The Bertz CT molecular complexity index is 583. The number of H-pyrrole nitrogens is 1. The lowest BCUT2D eigenvalue weighted by atomic mass is 10.2. The van der Waals surface area contributed by atoms with Crippen LogP contribution in [-0.4, -0.2) is 52.3 Å². The number of morpholine rings is 1. The van der Waals surface area contributed by atoms with Crippen molar-refractivity contribution in [3.05, 3.63) is 6.33 Å². The molecule has 3 heterocycles. The molecular formula is C13H20N6O. The smallest absolute Gasteiger partial charge is 0.226 e. The molecule has 1 saturated heterocycles. The van der Waals surface area contributed by atoms with Crippen LogP contribution in [0.1, 0.15) is 20.3 Å². The first kappa shape index (κ1) is 13.1. The third-order valence-electron chi connectivity index (χ3n) is 3.50. The molecule has 2 N–H and O–H groups in total. The molecule has 3 rings (SSSR count). The first-order chi connectivity index (χ1) is 9.81. The van der Waals surface area contributed by atoms with Crippen molar-refractivity contribution in [2.45, 2.75) is 26.4 Å². The number of hydrogen-bond donors (Lipinski definition) is 2. The molecule has 0 amide bonds. The van der Waals surface area contributed by atoms with E-state index in [9.17, 15) is 0 Å². The first-order valence-electron chi connectivity index (χ1n) is 7.13. The lowest BCUT2D eigenvalue weighted by molar-refractivity contribution is 0.0382. The number of rotatable bonds is 4. The number of aromatic nitrogens is 4. The van der Waals surface area contributed by atoms with Gasteiger partial charge in [-0.1, -0.05) is 6.92 Å². The standard InChI is InChI=1S/C13H20N6O/c1-3-9-7-19(5-6-20-9)12-10-11(16-8-15-10)17-13(18-12)14-4-2/h8-9H,3-7H2,1-2H3,(H2,14,15,16,17,18). The van der Waals surface area contributed by atoms with Gasteiger partial charge < -0.3 is 19.9 Å². The summed E-state index contributed by atoms with van der Waals surface area (Å²) in [4.78, 5) is 18.7. The Balaban J connectivity index is 1.98. The fourth-order valence-corrected chi connectivity index (χ4v) is 2.44. The lowest BCUT2D eigenvalue weighted by Crippen LogP contribution is -2.42. The van der Waals surface area contributed by atoms with E-state index >= 15 is 0 Å². The predicted octanol–water partition coefficient (Wildman–Crippen LogP) is 1.40. The molecular weight excluding hydrogens is 256 g/mol. The molecule has 0 aliphatic carbocycles. The van der Waals surface area contributed by atoms with Crippen LogP contribution < -0.4 is 10.2 Å². The zero-order valence-corrected chi connectivity index (χ0v) is 11.9. The van der Waals surface area contributed by atoms with Crippen molar-refractivity contribution in [2.24, 2.45) is 0 Å². The largest absolute Gasteiger partial charge is 0.375 e. The maximum atomic E-state index is 5.72. The summed E-state index contributed by atoms with van der Waals surface area (Å²) < 4.78 is 5.72. The van der Waals surface area contributed by atoms with Crippen molar-refractivity contribution < 1.29 is 4.74 Å². The fourth-order valence-electron chi connectivity index (χ4n) is 2.44. The molecule has 1 atom stereocenters. The number of nitrogens with one attached hydrogen (secondary N) is 2. The molecule has 0 aromatic carbocycles. The lowest BCUT2D eigenvalue weighted by Gasteiger charge is -2.33. The van der Waals surface area contributed by atoms with E-state index < -0.39 is 0 Å². The summed E-state index contributed by atoms with van der Waals surface area (Å²) in [6.45, 7) is 7.38. The van der Waals surface area contributed by atoms with Crippen molar-refractivity contribution in [1.29, 1.82) is 0 Å². The Morgan fingerprint density at radius 2 is 2.35 bits per heavy atom. The summed E-state index contributed by atoms with van der Waals surface area (Å²) in [7, 11) is 0. The Morgan fingerprint density at radius 3 is 3.15 bits per heavy atom. The summed E-state index contributed by atoms with van der Waals surface area (Å²) in [5, 5.41) is 3.16. The molecule has 0 radical (unpaired) electrons. The maximum Gasteiger partial charge on any atom is 0.226 e. The van der Waals surface area contributed by atoms with Gasteiger partial charge in [0, 0.05) is 19.6 Å². The van der Waals surface area contributed by atoms with E-state index in [0.717, 1.165) is 44.0 Å². The molecule has 2 aromatic rings. The molecule has 2 aromatic heterocycles. The van der Waals surface area contributed by atoms with Crippen LogP contribution >= 0.6 is 0 Å². The Morgan fingerprint density at radius 1 is 1.45 bits per heavy atom. The molecule has 20 heavy (non-hydrogen) atoms. The molecule has 1 aliphatic rings. The molecule has 7 nitrogen and oxygen atoms in total. The second-order valence-corrected chi connectivity index (χ2v) is 4.85. The van der Waals surface area contributed by atoms with E-state index in [4.69, 9.17) is 4.74 Å². The van der Waals surface area contributed by atoms with Gasteiger partial charge in [-0.05, 0) is 13.3 Å². The van der Waals surface area contributed by atoms with Crippen molar-refractivity contribution in [2.75, 3.05) is 36.5 Å². The van der Waals surface area contributed by atoms with Crippen LogP contribution in [-0.2, 0) is 4.74 Å². The average molecular weight is 276 g/mol. The fraction of sp³-hybridized carbons (Fsp3) is 0.615. The van der Waals surface area contributed by atoms with Gasteiger partial charge in [-0.3, -0.25) is 0 Å². The van der Waals surface area contributed by atoms with E-state index in [2.05, 4.69) is 37.1 Å².